The van der Waals surface area contributed by atoms with Crippen LogP contribution in [-0.2, 0) is 14.4 Å². The SMILES string of the molecule is C=Cc1ccccn1.O=C(O)/C=C(\C(=O)O)N1CCCC1=O. The molecule has 1 aliphatic heterocycles. The average molecular weight is 304 g/mol. The maximum absolute atomic E-state index is 11.1. The minimum absolute atomic E-state index is 0.268. The van der Waals surface area contributed by atoms with Gasteiger partial charge in [-0.25, -0.2) is 9.59 Å². The Morgan fingerprint density at radius 1 is 1.32 bits per heavy atom. The van der Waals surface area contributed by atoms with Crippen molar-refractivity contribution >= 4 is 23.9 Å². The van der Waals surface area contributed by atoms with Crippen molar-refractivity contribution in [3.63, 3.8) is 0 Å². The second kappa shape index (κ2) is 8.35. The molecule has 7 nitrogen and oxygen atoms in total. The van der Waals surface area contributed by atoms with Crippen LogP contribution in [0.15, 0.2) is 42.7 Å². The van der Waals surface area contributed by atoms with Crippen LogP contribution in [0.25, 0.3) is 6.08 Å². The summed E-state index contributed by atoms with van der Waals surface area (Å²) in [5.74, 6) is -3.12. The molecule has 0 unspecified atom stereocenters. The highest BCUT2D eigenvalue weighted by atomic mass is 16.4. The zero-order valence-electron chi connectivity index (χ0n) is 11.8. The maximum atomic E-state index is 11.1. The Balaban J connectivity index is 0.000000255. The van der Waals surface area contributed by atoms with Gasteiger partial charge in [0.05, 0.1) is 11.8 Å². The molecule has 22 heavy (non-hydrogen) atoms. The number of rotatable bonds is 4. The fourth-order valence-electron chi connectivity index (χ4n) is 1.77. The van der Waals surface area contributed by atoms with Gasteiger partial charge in [0, 0.05) is 19.2 Å². The Bertz CT molecular complexity index is 595. The van der Waals surface area contributed by atoms with Gasteiger partial charge in [-0.3, -0.25) is 9.78 Å². The van der Waals surface area contributed by atoms with E-state index in [0.717, 1.165) is 10.6 Å². The van der Waals surface area contributed by atoms with E-state index in [1.54, 1.807) is 12.3 Å². The number of likely N-dealkylation sites (tertiary alicyclic amines) is 1. The molecule has 0 bridgehead atoms. The van der Waals surface area contributed by atoms with Crippen LogP contribution in [0.4, 0.5) is 0 Å². The Hall–Kier alpha value is -2.96. The van der Waals surface area contributed by atoms with Gasteiger partial charge < -0.3 is 15.1 Å². The number of nitrogens with zero attached hydrogens (tertiary/aromatic N) is 2. The Labute approximate surface area is 127 Å². The number of carboxylic acids is 2. The molecule has 0 radical (unpaired) electrons. The first kappa shape index (κ1) is 17.1. The van der Waals surface area contributed by atoms with Gasteiger partial charge in [-0.2, -0.15) is 0 Å². The van der Waals surface area contributed by atoms with Gasteiger partial charge in [-0.05, 0) is 24.6 Å². The second-order valence-electron chi connectivity index (χ2n) is 4.28. The van der Waals surface area contributed by atoms with Crippen LogP contribution in [0, 0.1) is 0 Å². The van der Waals surface area contributed by atoms with Crippen molar-refractivity contribution in [3.8, 4) is 0 Å². The molecule has 1 saturated heterocycles. The topological polar surface area (TPSA) is 108 Å². The van der Waals surface area contributed by atoms with Crippen molar-refractivity contribution in [1.29, 1.82) is 0 Å². The molecule has 116 valence electrons. The first-order valence-electron chi connectivity index (χ1n) is 6.47. The normalized spacial score (nSPS) is 14.1. The van der Waals surface area contributed by atoms with Gasteiger partial charge in [0.1, 0.15) is 5.70 Å². The Morgan fingerprint density at radius 2 is 2.05 bits per heavy atom. The summed E-state index contributed by atoms with van der Waals surface area (Å²) in [6, 6.07) is 5.73. The predicted octanol–water partition coefficient (Wildman–Crippen LogP) is 1.39. The standard InChI is InChI=1S/C8H9NO5.C7H7N/c10-6-2-1-3-9(6)5(8(13)14)4-7(11)12;1-2-7-5-3-4-6-8-7/h4H,1-3H2,(H,11,12)(H,13,14);2-6H,1H2/b5-4+;. The molecule has 0 aliphatic carbocycles. The molecule has 2 rings (SSSR count). The van der Waals surface area contributed by atoms with Crippen molar-refractivity contribution < 1.29 is 24.6 Å². The quantitative estimate of drug-likeness (QED) is 0.814. The van der Waals surface area contributed by atoms with Gasteiger partial charge >= 0.3 is 11.9 Å². The number of hydrogen-bond acceptors (Lipinski definition) is 4. The molecule has 1 aromatic heterocycles. The fraction of sp³-hybridized carbons (Fsp3) is 0.200. The molecule has 2 N–H and O–H groups in total. The monoisotopic (exact) mass is 304 g/mol. The average Bonchev–Trinajstić information content (AvgIpc) is 2.92. The summed E-state index contributed by atoms with van der Waals surface area (Å²) >= 11 is 0. The molecule has 0 atom stereocenters. The first-order chi connectivity index (χ1) is 10.5. The molecule has 1 aromatic rings. The minimum atomic E-state index is -1.40. The van der Waals surface area contributed by atoms with Crippen LogP contribution in [0.1, 0.15) is 18.5 Å². The summed E-state index contributed by atoms with van der Waals surface area (Å²) in [4.78, 5) is 37.0. The summed E-state index contributed by atoms with van der Waals surface area (Å²) in [5, 5.41) is 17.1. The first-order valence-corrected chi connectivity index (χ1v) is 6.47. The molecule has 1 aliphatic rings. The number of amides is 1. The lowest BCUT2D eigenvalue weighted by Crippen LogP contribution is -2.29. The molecule has 0 saturated carbocycles. The third kappa shape index (κ3) is 5.20. The van der Waals surface area contributed by atoms with E-state index in [2.05, 4.69) is 11.6 Å². The number of pyridine rings is 1. The number of hydrogen-bond donors (Lipinski definition) is 2. The van der Waals surface area contributed by atoms with Gasteiger partial charge in [0.15, 0.2) is 0 Å². The van der Waals surface area contributed by atoms with E-state index < -0.39 is 17.6 Å². The van der Waals surface area contributed by atoms with Crippen LogP contribution in [-0.4, -0.2) is 44.5 Å². The highest BCUT2D eigenvalue weighted by Gasteiger charge is 2.28. The fourth-order valence-corrected chi connectivity index (χ4v) is 1.77. The molecule has 7 heteroatoms. The van der Waals surface area contributed by atoms with Crippen molar-refractivity contribution in [3.05, 3.63) is 48.4 Å². The number of carboxylic acid groups (broad SMARTS) is 2. The molecular formula is C15H16N2O5. The van der Waals surface area contributed by atoms with Gasteiger partial charge in [-0.15, -0.1) is 0 Å². The van der Waals surface area contributed by atoms with Crippen LogP contribution >= 0.6 is 0 Å². The van der Waals surface area contributed by atoms with Crippen molar-refractivity contribution in [2.45, 2.75) is 12.8 Å². The second-order valence-corrected chi connectivity index (χ2v) is 4.28. The third-order valence-corrected chi connectivity index (χ3v) is 2.74. The summed E-state index contributed by atoms with van der Waals surface area (Å²) in [5.41, 5.74) is 0.451. The zero-order valence-corrected chi connectivity index (χ0v) is 11.8. The summed E-state index contributed by atoms with van der Waals surface area (Å²) in [6.07, 6.45) is 4.83. The maximum Gasteiger partial charge on any atom is 0.352 e. The molecular weight excluding hydrogens is 288 g/mol. The number of aliphatic carboxylic acids is 2. The van der Waals surface area contributed by atoms with E-state index in [4.69, 9.17) is 10.2 Å². The van der Waals surface area contributed by atoms with E-state index in [9.17, 15) is 14.4 Å². The van der Waals surface area contributed by atoms with Crippen LogP contribution in [0.2, 0.25) is 0 Å². The van der Waals surface area contributed by atoms with E-state index >= 15 is 0 Å². The van der Waals surface area contributed by atoms with Crippen LogP contribution < -0.4 is 0 Å². The lowest BCUT2D eigenvalue weighted by Gasteiger charge is -2.14. The molecule has 1 amide bonds. The molecule has 0 aromatic carbocycles. The third-order valence-electron chi connectivity index (χ3n) is 2.74. The van der Waals surface area contributed by atoms with Gasteiger partial charge in [0.25, 0.3) is 0 Å². The van der Waals surface area contributed by atoms with Crippen molar-refractivity contribution in [2.75, 3.05) is 6.54 Å². The van der Waals surface area contributed by atoms with E-state index in [0.29, 0.717) is 12.5 Å². The molecule has 2 heterocycles. The summed E-state index contributed by atoms with van der Waals surface area (Å²) < 4.78 is 0. The molecule has 0 spiro atoms. The zero-order chi connectivity index (χ0) is 16.5. The van der Waals surface area contributed by atoms with Crippen LogP contribution in [0.3, 0.4) is 0 Å². The predicted molar refractivity (Wildman–Crippen MR) is 78.6 cm³/mol. The highest BCUT2D eigenvalue weighted by Crippen LogP contribution is 2.16. The van der Waals surface area contributed by atoms with E-state index in [1.165, 1.54) is 0 Å². The lowest BCUT2D eigenvalue weighted by atomic mass is 10.3. The molecule has 1 fully saturated rings. The Morgan fingerprint density at radius 3 is 2.41 bits per heavy atom. The number of carbonyl (C=O) groups is 3. The van der Waals surface area contributed by atoms with E-state index in [-0.39, 0.29) is 18.9 Å². The number of aromatic nitrogens is 1. The summed E-state index contributed by atoms with van der Waals surface area (Å²) in [7, 11) is 0. The summed E-state index contributed by atoms with van der Waals surface area (Å²) in [6.45, 7) is 3.84. The van der Waals surface area contributed by atoms with Crippen molar-refractivity contribution in [2.24, 2.45) is 0 Å². The van der Waals surface area contributed by atoms with Gasteiger partial charge in [-0.1, -0.05) is 12.6 Å². The van der Waals surface area contributed by atoms with E-state index in [1.807, 2.05) is 18.2 Å². The van der Waals surface area contributed by atoms with Crippen LogP contribution in [0.5, 0.6) is 0 Å². The number of carbonyl (C=O) groups excluding carboxylic acids is 1. The lowest BCUT2D eigenvalue weighted by molar-refractivity contribution is -0.139. The minimum Gasteiger partial charge on any atom is -0.478 e. The highest BCUT2D eigenvalue weighted by molar-refractivity contribution is 5.98. The smallest absolute Gasteiger partial charge is 0.352 e. The Kier molecular flexibility index (Phi) is 6.49. The largest absolute Gasteiger partial charge is 0.478 e. The van der Waals surface area contributed by atoms with Crippen molar-refractivity contribution in [1.82, 2.24) is 9.88 Å². The van der Waals surface area contributed by atoms with Gasteiger partial charge in [0.2, 0.25) is 5.91 Å².